The summed E-state index contributed by atoms with van der Waals surface area (Å²) in [7, 11) is 1.60. The highest BCUT2D eigenvalue weighted by molar-refractivity contribution is 7.14. The highest BCUT2D eigenvalue weighted by Gasteiger charge is 2.20. The minimum Gasteiger partial charge on any atom is -0.496 e. The molecule has 3 aromatic rings. The Hall–Kier alpha value is -1.69. The first-order valence-corrected chi connectivity index (χ1v) is 7.66. The van der Waals surface area contributed by atoms with Gasteiger partial charge in [-0.25, -0.2) is 0 Å². The maximum Gasteiger partial charge on any atom is 0.153 e. The number of ether oxygens (including phenoxy) is 1. The Morgan fingerprint density at radius 3 is 2.76 bits per heavy atom. The molecule has 0 fully saturated rings. The molecular weight excluding hydrogens is 329 g/mol. The summed E-state index contributed by atoms with van der Waals surface area (Å²) in [6, 6.07) is 7.19. The normalized spacial score (nSPS) is 10.8. The van der Waals surface area contributed by atoms with E-state index in [1.807, 2.05) is 11.4 Å². The van der Waals surface area contributed by atoms with Gasteiger partial charge in [-0.3, -0.25) is 5.10 Å². The molecule has 0 atom stereocenters. The maximum absolute atomic E-state index is 6.21. The number of nitrogens with two attached hydrogens (primary N) is 1. The lowest BCUT2D eigenvalue weighted by Crippen LogP contribution is -1.92. The largest absolute Gasteiger partial charge is 0.496 e. The summed E-state index contributed by atoms with van der Waals surface area (Å²) < 4.78 is 5.40. The SMILES string of the molecule is COc1ccc(Cl)cc1-c1c(N)n[nH]c1-c1sccc1Cl. The average molecular weight is 340 g/mol. The van der Waals surface area contributed by atoms with Crippen LogP contribution < -0.4 is 10.5 Å². The Kier molecular flexibility index (Phi) is 3.80. The van der Waals surface area contributed by atoms with Crippen molar-refractivity contribution in [2.24, 2.45) is 0 Å². The topological polar surface area (TPSA) is 63.9 Å². The molecule has 0 saturated carbocycles. The zero-order chi connectivity index (χ0) is 15.0. The van der Waals surface area contributed by atoms with Crippen molar-refractivity contribution < 1.29 is 4.74 Å². The van der Waals surface area contributed by atoms with Gasteiger partial charge in [-0.2, -0.15) is 5.10 Å². The zero-order valence-electron chi connectivity index (χ0n) is 11.0. The summed E-state index contributed by atoms with van der Waals surface area (Å²) in [6.45, 7) is 0. The zero-order valence-corrected chi connectivity index (χ0v) is 13.3. The number of anilines is 1. The van der Waals surface area contributed by atoms with Crippen LogP contribution in [0, 0.1) is 0 Å². The van der Waals surface area contributed by atoms with Crippen LogP contribution in [0.3, 0.4) is 0 Å². The van der Waals surface area contributed by atoms with Gasteiger partial charge in [-0.15, -0.1) is 11.3 Å². The second kappa shape index (κ2) is 5.60. The number of nitrogens with zero attached hydrogens (tertiary/aromatic N) is 1. The lowest BCUT2D eigenvalue weighted by Gasteiger charge is -2.10. The van der Waals surface area contributed by atoms with E-state index in [4.69, 9.17) is 33.7 Å². The quantitative estimate of drug-likeness (QED) is 0.726. The number of benzene rings is 1. The van der Waals surface area contributed by atoms with Crippen molar-refractivity contribution >= 4 is 40.4 Å². The Bertz CT molecular complexity index is 797. The average Bonchev–Trinajstić information content (AvgIpc) is 3.04. The predicted molar refractivity (Wildman–Crippen MR) is 88.3 cm³/mol. The molecule has 0 radical (unpaired) electrons. The molecular formula is C14H11Cl2N3OS. The van der Waals surface area contributed by atoms with Crippen molar-refractivity contribution in [1.82, 2.24) is 10.2 Å². The number of hydrogen-bond donors (Lipinski definition) is 2. The van der Waals surface area contributed by atoms with Gasteiger partial charge in [0.15, 0.2) is 5.82 Å². The van der Waals surface area contributed by atoms with E-state index in [1.165, 1.54) is 11.3 Å². The number of rotatable bonds is 3. The minimum absolute atomic E-state index is 0.370. The molecule has 0 amide bonds. The molecule has 0 aliphatic rings. The van der Waals surface area contributed by atoms with Gasteiger partial charge < -0.3 is 10.5 Å². The lowest BCUT2D eigenvalue weighted by molar-refractivity contribution is 0.416. The molecule has 1 aromatic carbocycles. The van der Waals surface area contributed by atoms with E-state index in [0.29, 0.717) is 21.6 Å². The van der Waals surface area contributed by atoms with E-state index >= 15 is 0 Å². The number of H-pyrrole nitrogens is 1. The fourth-order valence-corrected chi connectivity index (χ4v) is 3.46. The van der Waals surface area contributed by atoms with Crippen LogP contribution in [0.2, 0.25) is 10.0 Å². The molecule has 3 N–H and O–H groups in total. The standard InChI is InChI=1S/C14H11Cl2N3OS/c1-20-10-3-2-7(15)6-8(10)11-12(18-19-14(11)17)13-9(16)4-5-21-13/h2-6H,1H3,(H3,17,18,19). The second-order valence-corrected chi connectivity index (χ2v) is 6.06. The number of aromatic amines is 1. The van der Waals surface area contributed by atoms with Crippen LogP contribution in [-0.2, 0) is 0 Å². The van der Waals surface area contributed by atoms with Gasteiger partial charge in [-0.1, -0.05) is 23.2 Å². The number of halogens is 2. The first-order chi connectivity index (χ1) is 10.1. The van der Waals surface area contributed by atoms with E-state index in [0.717, 1.165) is 21.7 Å². The highest BCUT2D eigenvalue weighted by Crippen LogP contribution is 2.44. The van der Waals surface area contributed by atoms with Gasteiger partial charge in [0.05, 0.1) is 28.3 Å². The highest BCUT2D eigenvalue weighted by atomic mass is 35.5. The van der Waals surface area contributed by atoms with Crippen LogP contribution in [0.1, 0.15) is 0 Å². The third-order valence-electron chi connectivity index (χ3n) is 3.07. The van der Waals surface area contributed by atoms with Crippen LogP contribution in [0.4, 0.5) is 5.82 Å². The van der Waals surface area contributed by atoms with Crippen molar-refractivity contribution in [3.8, 4) is 27.4 Å². The lowest BCUT2D eigenvalue weighted by atomic mass is 10.0. The van der Waals surface area contributed by atoms with Crippen LogP contribution in [0.15, 0.2) is 29.6 Å². The number of nitrogen functional groups attached to an aromatic ring is 1. The number of nitrogens with one attached hydrogen (secondary N) is 1. The summed E-state index contributed by atoms with van der Waals surface area (Å²) >= 11 is 13.8. The van der Waals surface area contributed by atoms with Crippen molar-refractivity contribution in [3.05, 3.63) is 39.7 Å². The van der Waals surface area contributed by atoms with Crippen molar-refractivity contribution in [2.75, 3.05) is 12.8 Å². The van der Waals surface area contributed by atoms with E-state index in [-0.39, 0.29) is 0 Å². The summed E-state index contributed by atoms with van der Waals surface area (Å²) in [5.41, 5.74) is 8.29. The minimum atomic E-state index is 0.370. The summed E-state index contributed by atoms with van der Waals surface area (Å²) in [6.07, 6.45) is 0. The fourth-order valence-electron chi connectivity index (χ4n) is 2.14. The maximum atomic E-state index is 6.21. The van der Waals surface area contributed by atoms with Crippen LogP contribution >= 0.6 is 34.5 Å². The number of methoxy groups -OCH3 is 1. The van der Waals surface area contributed by atoms with Crippen molar-refractivity contribution in [1.29, 1.82) is 0 Å². The Morgan fingerprint density at radius 2 is 2.10 bits per heavy atom. The van der Waals surface area contributed by atoms with Crippen LogP contribution in [-0.4, -0.2) is 17.3 Å². The molecule has 0 saturated heterocycles. The number of thiophene rings is 1. The molecule has 0 bridgehead atoms. The van der Waals surface area contributed by atoms with Gasteiger partial charge in [0.1, 0.15) is 5.75 Å². The third kappa shape index (κ3) is 2.48. The molecule has 4 nitrogen and oxygen atoms in total. The Balaban J connectivity index is 2.27. The molecule has 3 rings (SSSR count). The van der Waals surface area contributed by atoms with Gasteiger partial charge in [0, 0.05) is 10.6 Å². The molecule has 7 heteroatoms. The van der Waals surface area contributed by atoms with Gasteiger partial charge in [0.2, 0.25) is 0 Å². The predicted octanol–water partition coefficient (Wildman–Crippen LogP) is 4.70. The first-order valence-electron chi connectivity index (χ1n) is 6.03. The monoisotopic (exact) mass is 339 g/mol. The van der Waals surface area contributed by atoms with Crippen molar-refractivity contribution in [2.45, 2.75) is 0 Å². The fraction of sp³-hybridized carbons (Fsp3) is 0.0714. The first kappa shape index (κ1) is 14.3. The van der Waals surface area contributed by atoms with Gasteiger partial charge in [0.25, 0.3) is 0 Å². The van der Waals surface area contributed by atoms with E-state index in [9.17, 15) is 0 Å². The molecule has 0 aliphatic carbocycles. The van der Waals surface area contributed by atoms with E-state index < -0.39 is 0 Å². The molecule has 0 unspecified atom stereocenters. The molecule has 108 valence electrons. The summed E-state index contributed by atoms with van der Waals surface area (Å²) in [5, 5.41) is 10.2. The van der Waals surface area contributed by atoms with Crippen LogP contribution in [0.5, 0.6) is 5.75 Å². The number of aromatic nitrogens is 2. The third-order valence-corrected chi connectivity index (χ3v) is 4.66. The molecule has 21 heavy (non-hydrogen) atoms. The van der Waals surface area contributed by atoms with E-state index in [2.05, 4.69) is 10.2 Å². The van der Waals surface area contributed by atoms with Gasteiger partial charge in [-0.05, 0) is 29.6 Å². The van der Waals surface area contributed by atoms with E-state index in [1.54, 1.807) is 25.3 Å². The molecule has 0 aliphatic heterocycles. The summed E-state index contributed by atoms with van der Waals surface area (Å²) in [4.78, 5) is 0.873. The Labute approximate surface area is 135 Å². The Morgan fingerprint density at radius 1 is 1.29 bits per heavy atom. The summed E-state index contributed by atoms with van der Waals surface area (Å²) in [5.74, 6) is 1.04. The second-order valence-electron chi connectivity index (χ2n) is 4.30. The van der Waals surface area contributed by atoms with Gasteiger partial charge >= 0.3 is 0 Å². The number of hydrogen-bond acceptors (Lipinski definition) is 4. The molecule has 0 spiro atoms. The van der Waals surface area contributed by atoms with Crippen molar-refractivity contribution in [3.63, 3.8) is 0 Å². The molecule has 2 heterocycles. The van der Waals surface area contributed by atoms with Crippen LogP contribution in [0.25, 0.3) is 21.7 Å². The smallest absolute Gasteiger partial charge is 0.153 e. The molecule has 2 aromatic heterocycles.